The Morgan fingerprint density at radius 1 is 0.795 bits per heavy atom. The number of piperidine rings is 1. The lowest BCUT2D eigenvalue weighted by Gasteiger charge is -2.33. The molecule has 0 aliphatic carbocycles. The predicted molar refractivity (Wildman–Crippen MR) is 166 cm³/mol. The van der Waals surface area contributed by atoms with Crippen LogP contribution in [0.5, 0.6) is 0 Å². The summed E-state index contributed by atoms with van der Waals surface area (Å²) in [6.07, 6.45) is 5.12. The molecular formula is C30H37F2N3O6S3. The molecule has 0 spiro atoms. The Morgan fingerprint density at radius 2 is 1.36 bits per heavy atom. The van der Waals surface area contributed by atoms with Crippen LogP contribution in [0.4, 0.5) is 14.5 Å². The first-order chi connectivity index (χ1) is 20.6. The molecule has 2 N–H and O–H groups in total. The minimum atomic E-state index is -3.74. The maximum Gasteiger partial charge on any atom is 0.240 e. The van der Waals surface area contributed by atoms with Crippen LogP contribution in [0.3, 0.4) is 0 Å². The van der Waals surface area contributed by atoms with Crippen LogP contribution in [0, 0.1) is 17.6 Å². The van der Waals surface area contributed by atoms with E-state index in [0.29, 0.717) is 30.9 Å². The molecule has 0 bridgehead atoms. The molecule has 3 aromatic rings. The number of sulfonamides is 2. The van der Waals surface area contributed by atoms with Crippen molar-refractivity contribution in [1.29, 1.82) is 0 Å². The van der Waals surface area contributed by atoms with Gasteiger partial charge in [-0.15, -0.1) is 0 Å². The van der Waals surface area contributed by atoms with E-state index in [1.54, 1.807) is 12.1 Å². The van der Waals surface area contributed by atoms with Gasteiger partial charge in [0.1, 0.15) is 11.6 Å². The molecule has 240 valence electrons. The molecule has 1 aliphatic rings. The van der Waals surface area contributed by atoms with Gasteiger partial charge in [-0.2, -0.15) is 0 Å². The molecule has 0 saturated carbocycles. The van der Waals surface area contributed by atoms with Crippen LogP contribution in [0.1, 0.15) is 42.7 Å². The van der Waals surface area contributed by atoms with Gasteiger partial charge in [0.15, 0.2) is 9.84 Å². The number of rotatable bonds is 13. The fourth-order valence-electron chi connectivity index (χ4n) is 5.46. The third-order valence-corrected chi connectivity index (χ3v) is 11.0. The fourth-order valence-corrected chi connectivity index (χ4v) is 7.70. The number of likely N-dealkylation sites (tertiary alicyclic amines) is 1. The second kappa shape index (κ2) is 14.0. The first kappa shape index (κ1) is 34.0. The van der Waals surface area contributed by atoms with E-state index >= 15 is 0 Å². The van der Waals surface area contributed by atoms with Gasteiger partial charge in [0.05, 0.1) is 16.0 Å². The molecular weight excluding hydrogens is 633 g/mol. The van der Waals surface area contributed by atoms with E-state index in [4.69, 9.17) is 0 Å². The number of anilines is 1. The van der Waals surface area contributed by atoms with Crippen molar-refractivity contribution < 1.29 is 34.0 Å². The SMILES string of the molecule is CS(=O)(=O)Nc1ccc(S(=O)(=O)NCCC2CCN(CC[C@H](c3ccc(S(C)(=O)=O)cc3)c3cc(F)cc(F)c3)CC2)cc1. The monoisotopic (exact) mass is 669 g/mol. The minimum absolute atomic E-state index is 0.0464. The zero-order valence-electron chi connectivity index (χ0n) is 24.5. The standard InChI is InChI=1S/C30H37F2N3O6S3/c1-42(36,37)28-7-3-23(4-8-28)30(24-19-25(31)21-26(32)20-24)14-18-35-16-12-22(13-17-35)11-15-33-44(40,41)29-9-5-27(6-10-29)34-43(2,38)39/h3-10,19-22,30,33-34H,11-18H2,1-2H3/t30-/m1/s1. The number of halogens is 2. The summed E-state index contributed by atoms with van der Waals surface area (Å²) in [4.78, 5) is 2.50. The van der Waals surface area contributed by atoms with E-state index in [0.717, 1.165) is 50.1 Å². The molecule has 0 amide bonds. The van der Waals surface area contributed by atoms with Crippen molar-refractivity contribution >= 4 is 35.6 Å². The van der Waals surface area contributed by atoms with Crippen molar-refractivity contribution in [2.75, 3.05) is 43.4 Å². The molecule has 1 heterocycles. The third kappa shape index (κ3) is 9.80. The van der Waals surface area contributed by atoms with Crippen LogP contribution in [-0.2, 0) is 29.9 Å². The summed E-state index contributed by atoms with van der Waals surface area (Å²) >= 11 is 0. The number of sulfone groups is 1. The van der Waals surface area contributed by atoms with Gasteiger partial charge in [0.2, 0.25) is 20.0 Å². The quantitative estimate of drug-likeness (QED) is 0.277. The Bertz CT molecular complexity index is 1740. The van der Waals surface area contributed by atoms with Crippen LogP contribution in [-0.4, -0.2) is 68.8 Å². The van der Waals surface area contributed by atoms with Gasteiger partial charge in [-0.1, -0.05) is 12.1 Å². The summed E-state index contributed by atoms with van der Waals surface area (Å²) in [6.45, 7) is 2.53. The molecule has 44 heavy (non-hydrogen) atoms. The average Bonchev–Trinajstić information content (AvgIpc) is 2.93. The van der Waals surface area contributed by atoms with Crippen molar-refractivity contribution in [2.45, 2.75) is 41.4 Å². The highest BCUT2D eigenvalue weighted by Gasteiger charge is 2.23. The first-order valence-electron chi connectivity index (χ1n) is 14.1. The molecule has 1 saturated heterocycles. The van der Waals surface area contributed by atoms with Crippen molar-refractivity contribution in [3.8, 4) is 0 Å². The van der Waals surface area contributed by atoms with E-state index in [2.05, 4.69) is 14.3 Å². The van der Waals surface area contributed by atoms with Crippen molar-refractivity contribution in [1.82, 2.24) is 9.62 Å². The minimum Gasteiger partial charge on any atom is -0.303 e. The van der Waals surface area contributed by atoms with Crippen LogP contribution in [0.15, 0.2) is 76.5 Å². The number of benzene rings is 3. The van der Waals surface area contributed by atoms with Crippen LogP contribution < -0.4 is 9.44 Å². The van der Waals surface area contributed by atoms with E-state index in [9.17, 15) is 34.0 Å². The zero-order chi connectivity index (χ0) is 32.1. The lowest BCUT2D eigenvalue weighted by Crippen LogP contribution is -2.36. The van der Waals surface area contributed by atoms with Crippen molar-refractivity contribution in [3.63, 3.8) is 0 Å². The molecule has 1 fully saturated rings. The summed E-state index contributed by atoms with van der Waals surface area (Å²) in [5.41, 5.74) is 1.53. The van der Waals surface area contributed by atoms with Gasteiger partial charge in [0.25, 0.3) is 0 Å². The van der Waals surface area contributed by atoms with Crippen LogP contribution in [0.25, 0.3) is 0 Å². The predicted octanol–water partition coefficient (Wildman–Crippen LogP) is 4.34. The highest BCUT2D eigenvalue weighted by Crippen LogP contribution is 2.31. The summed E-state index contributed by atoms with van der Waals surface area (Å²) in [6, 6.07) is 15.3. The van der Waals surface area contributed by atoms with E-state index in [-0.39, 0.29) is 27.9 Å². The fraction of sp³-hybridized carbons (Fsp3) is 0.400. The Hall–Kier alpha value is -2.91. The topological polar surface area (TPSA) is 130 Å². The van der Waals surface area contributed by atoms with E-state index in [1.807, 2.05) is 0 Å². The Kier molecular flexibility index (Phi) is 10.8. The van der Waals surface area contributed by atoms with Gasteiger partial charge in [-0.3, -0.25) is 4.72 Å². The van der Waals surface area contributed by atoms with Gasteiger partial charge in [-0.25, -0.2) is 38.8 Å². The highest BCUT2D eigenvalue weighted by molar-refractivity contribution is 7.92. The molecule has 3 aromatic carbocycles. The highest BCUT2D eigenvalue weighted by atomic mass is 32.2. The van der Waals surface area contributed by atoms with E-state index < -0.39 is 41.5 Å². The molecule has 1 atom stereocenters. The van der Waals surface area contributed by atoms with Gasteiger partial charge >= 0.3 is 0 Å². The molecule has 1 aliphatic heterocycles. The smallest absolute Gasteiger partial charge is 0.240 e. The van der Waals surface area contributed by atoms with Gasteiger partial charge < -0.3 is 4.90 Å². The summed E-state index contributed by atoms with van der Waals surface area (Å²) in [7, 11) is -10.6. The number of hydrogen-bond acceptors (Lipinski definition) is 7. The first-order valence-corrected chi connectivity index (χ1v) is 19.4. The Morgan fingerprint density at radius 3 is 1.91 bits per heavy atom. The molecule has 9 nitrogen and oxygen atoms in total. The lowest BCUT2D eigenvalue weighted by molar-refractivity contribution is 0.176. The Balaban J connectivity index is 1.30. The summed E-state index contributed by atoms with van der Waals surface area (Å²) < 4.78 is 105. The largest absolute Gasteiger partial charge is 0.303 e. The number of hydrogen-bond donors (Lipinski definition) is 2. The van der Waals surface area contributed by atoms with Crippen LogP contribution in [0.2, 0.25) is 0 Å². The molecule has 0 unspecified atom stereocenters. The Labute approximate surface area is 258 Å². The average molecular weight is 670 g/mol. The normalized spacial score (nSPS) is 16.1. The number of nitrogens with one attached hydrogen (secondary N) is 2. The number of nitrogens with zero attached hydrogens (tertiary/aromatic N) is 1. The van der Waals surface area contributed by atoms with Crippen molar-refractivity contribution in [2.24, 2.45) is 5.92 Å². The van der Waals surface area contributed by atoms with E-state index in [1.165, 1.54) is 48.5 Å². The maximum atomic E-state index is 14.1. The molecule has 0 radical (unpaired) electrons. The van der Waals surface area contributed by atoms with Crippen molar-refractivity contribution in [3.05, 3.63) is 89.5 Å². The van der Waals surface area contributed by atoms with Gasteiger partial charge in [0, 0.05) is 30.5 Å². The summed E-state index contributed by atoms with van der Waals surface area (Å²) in [5.74, 6) is -1.35. The summed E-state index contributed by atoms with van der Waals surface area (Å²) in [5, 5.41) is 0. The lowest BCUT2D eigenvalue weighted by atomic mass is 9.87. The third-order valence-electron chi connectivity index (χ3n) is 7.75. The molecule has 0 aromatic heterocycles. The maximum absolute atomic E-state index is 14.1. The molecule has 14 heteroatoms. The molecule has 4 rings (SSSR count). The second-order valence-electron chi connectivity index (χ2n) is 11.3. The van der Waals surface area contributed by atoms with Gasteiger partial charge in [-0.05, 0) is 111 Å². The zero-order valence-corrected chi connectivity index (χ0v) is 27.0. The second-order valence-corrected chi connectivity index (χ2v) is 16.8. The van der Waals surface area contributed by atoms with Crippen LogP contribution >= 0.6 is 0 Å².